The largest absolute Gasteiger partial charge is 0.497 e. The summed E-state index contributed by atoms with van der Waals surface area (Å²) in [5.74, 6) is 0.760. The fraction of sp³-hybridized carbons (Fsp3) is 0.318. The Bertz CT molecular complexity index is 973. The maximum absolute atomic E-state index is 13.0. The number of hydrogen-bond acceptors (Lipinski definition) is 4. The second-order valence-electron chi connectivity index (χ2n) is 7.77. The van der Waals surface area contributed by atoms with Gasteiger partial charge in [-0.1, -0.05) is 39.0 Å². The van der Waals surface area contributed by atoms with E-state index >= 15 is 0 Å². The zero-order chi connectivity index (χ0) is 21.2. The van der Waals surface area contributed by atoms with E-state index in [1.165, 1.54) is 23.5 Å². The summed E-state index contributed by atoms with van der Waals surface area (Å²) >= 11 is 1.46. The maximum atomic E-state index is 13.0. The lowest BCUT2D eigenvalue weighted by Crippen LogP contribution is -2.14. The van der Waals surface area contributed by atoms with Gasteiger partial charge in [0.15, 0.2) is 5.13 Å². The van der Waals surface area contributed by atoms with Gasteiger partial charge in [0.05, 0.1) is 18.4 Å². The summed E-state index contributed by atoms with van der Waals surface area (Å²) in [6.45, 7) is 6.15. The highest BCUT2D eigenvalue weighted by molar-refractivity contribution is 7.15. The molecule has 2 aromatic carbocycles. The second-order valence-corrected chi connectivity index (χ2v) is 8.85. The third-order valence-electron chi connectivity index (χ3n) is 4.37. The molecule has 3 rings (SSSR count). The number of anilines is 2. The minimum atomic E-state index is -4.35. The van der Waals surface area contributed by atoms with Gasteiger partial charge in [-0.25, -0.2) is 4.98 Å². The molecular weight excluding hydrogens is 397 g/mol. The summed E-state index contributed by atoms with van der Waals surface area (Å²) in [6.07, 6.45) is -3.95. The summed E-state index contributed by atoms with van der Waals surface area (Å²) in [4.78, 5) is 5.69. The minimum Gasteiger partial charge on any atom is -0.497 e. The Kier molecular flexibility index (Phi) is 5.89. The zero-order valence-corrected chi connectivity index (χ0v) is 17.5. The summed E-state index contributed by atoms with van der Waals surface area (Å²) in [5.41, 5.74) is 1.51. The van der Waals surface area contributed by atoms with E-state index in [1.807, 2.05) is 24.3 Å². The molecule has 0 saturated carbocycles. The van der Waals surface area contributed by atoms with Gasteiger partial charge >= 0.3 is 6.18 Å². The lowest BCUT2D eigenvalue weighted by Gasteiger charge is -2.18. The molecule has 0 aliphatic heterocycles. The van der Waals surface area contributed by atoms with Gasteiger partial charge in [0.25, 0.3) is 0 Å². The fourth-order valence-electron chi connectivity index (χ4n) is 2.95. The standard InChI is InChI=1S/C22H23F3N2OS/c1-21(2,3)19-18(13-14-6-5-7-15(12-14)22(23,24)25)29-20(27-19)26-16-8-10-17(28-4)11-9-16/h5-12H,13H2,1-4H3,(H,26,27). The molecule has 154 valence electrons. The molecule has 3 nitrogen and oxygen atoms in total. The van der Waals surface area contributed by atoms with Gasteiger partial charge < -0.3 is 10.1 Å². The highest BCUT2D eigenvalue weighted by Gasteiger charge is 2.30. The van der Waals surface area contributed by atoms with Crippen LogP contribution in [0.15, 0.2) is 48.5 Å². The van der Waals surface area contributed by atoms with Gasteiger partial charge in [-0.15, -0.1) is 11.3 Å². The van der Waals surface area contributed by atoms with Crippen molar-refractivity contribution in [3.8, 4) is 5.75 Å². The van der Waals surface area contributed by atoms with Crippen LogP contribution in [0.4, 0.5) is 24.0 Å². The molecule has 0 unspecified atom stereocenters. The number of hydrogen-bond donors (Lipinski definition) is 1. The van der Waals surface area contributed by atoms with Crippen LogP contribution in [0.2, 0.25) is 0 Å². The average Bonchev–Trinajstić information content (AvgIpc) is 3.04. The van der Waals surface area contributed by atoms with Crippen molar-refractivity contribution in [3.63, 3.8) is 0 Å². The van der Waals surface area contributed by atoms with E-state index in [9.17, 15) is 13.2 Å². The number of nitrogens with zero attached hydrogens (tertiary/aromatic N) is 1. The molecule has 3 aromatic rings. The molecule has 1 aromatic heterocycles. The Balaban J connectivity index is 1.89. The molecule has 1 heterocycles. The predicted molar refractivity (Wildman–Crippen MR) is 111 cm³/mol. The van der Waals surface area contributed by atoms with Crippen LogP contribution in [0, 0.1) is 0 Å². The van der Waals surface area contributed by atoms with Crippen LogP contribution in [0.5, 0.6) is 5.75 Å². The molecule has 0 aliphatic carbocycles. The molecule has 0 fully saturated rings. The number of nitrogens with one attached hydrogen (secondary N) is 1. The molecule has 29 heavy (non-hydrogen) atoms. The monoisotopic (exact) mass is 420 g/mol. The van der Waals surface area contributed by atoms with E-state index in [-0.39, 0.29) is 5.41 Å². The predicted octanol–water partition coefficient (Wildman–Crippen LogP) is 6.80. The molecule has 0 spiro atoms. The zero-order valence-electron chi connectivity index (χ0n) is 16.7. The molecular formula is C22H23F3N2OS. The fourth-order valence-corrected chi connectivity index (χ4v) is 4.18. The highest BCUT2D eigenvalue weighted by atomic mass is 32.1. The van der Waals surface area contributed by atoms with Crippen molar-refractivity contribution < 1.29 is 17.9 Å². The Morgan fingerprint density at radius 2 is 1.72 bits per heavy atom. The van der Waals surface area contributed by atoms with E-state index in [0.29, 0.717) is 17.1 Å². The van der Waals surface area contributed by atoms with E-state index < -0.39 is 11.7 Å². The van der Waals surface area contributed by atoms with Crippen LogP contribution in [0.3, 0.4) is 0 Å². The number of thiazole rings is 1. The minimum absolute atomic E-state index is 0.229. The van der Waals surface area contributed by atoms with Crippen LogP contribution in [0.1, 0.15) is 42.5 Å². The normalized spacial score (nSPS) is 12.1. The number of methoxy groups -OCH3 is 1. The SMILES string of the molecule is COc1ccc(Nc2nc(C(C)(C)C)c(Cc3cccc(C(F)(F)F)c3)s2)cc1. The van der Waals surface area contributed by atoms with Crippen molar-refractivity contribution >= 4 is 22.2 Å². The quantitative estimate of drug-likeness (QED) is 0.493. The molecule has 0 atom stereocenters. The van der Waals surface area contributed by atoms with Crippen LogP contribution < -0.4 is 10.1 Å². The van der Waals surface area contributed by atoms with Gasteiger partial charge in [-0.05, 0) is 35.9 Å². The van der Waals surface area contributed by atoms with Gasteiger partial charge in [-0.2, -0.15) is 13.2 Å². The Labute approximate surface area is 172 Å². The molecule has 1 N–H and O–H groups in total. The molecule has 0 radical (unpaired) electrons. The first-order valence-corrected chi connectivity index (χ1v) is 9.95. The van der Waals surface area contributed by atoms with Crippen LogP contribution >= 0.6 is 11.3 Å². The highest BCUT2D eigenvalue weighted by Crippen LogP contribution is 2.36. The third kappa shape index (κ3) is 5.29. The van der Waals surface area contributed by atoms with Crippen molar-refractivity contribution in [2.75, 3.05) is 12.4 Å². The Morgan fingerprint density at radius 3 is 2.31 bits per heavy atom. The lowest BCUT2D eigenvalue weighted by molar-refractivity contribution is -0.137. The van der Waals surface area contributed by atoms with Crippen molar-refractivity contribution in [1.82, 2.24) is 4.98 Å². The number of benzene rings is 2. The van der Waals surface area contributed by atoms with E-state index in [0.717, 1.165) is 28.1 Å². The number of halogens is 3. The number of aromatic nitrogens is 1. The number of ether oxygens (including phenoxy) is 1. The molecule has 0 saturated heterocycles. The maximum Gasteiger partial charge on any atom is 0.416 e. The molecule has 0 bridgehead atoms. The first-order valence-electron chi connectivity index (χ1n) is 9.13. The first kappa shape index (κ1) is 21.2. The van der Waals surface area contributed by atoms with Crippen molar-refractivity contribution in [2.24, 2.45) is 0 Å². The molecule has 7 heteroatoms. The van der Waals surface area contributed by atoms with Crippen LogP contribution in [0.25, 0.3) is 0 Å². The van der Waals surface area contributed by atoms with Gasteiger partial charge in [-0.3, -0.25) is 0 Å². The molecule has 0 aliphatic rings. The van der Waals surface area contributed by atoms with Crippen LogP contribution in [-0.4, -0.2) is 12.1 Å². The van der Waals surface area contributed by atoms with Gasteiger partial charge in [0.1, 0.15) is 5.75 Å². The third-order valence-corrected chi connectivity index (χ3v) is 5.34. The average molecular weight is 420 g/mol. The Morgan fingerprint density at radius 1 is 1.03 bits per heavy atom. The van der Waals surface area contributed by atoms with E-state index in [2.05, 4.69) is 26.1 Å². The topological polar surface area (TPSA) is 34.1 Å². The first-order chi connectivity index (χ1) is 13.6. The summed E-state index contributed by atoms with van der Waals surface area (Å²) in [7, 11) is 1.61. The van der Waals surface area contributed by atoms with E-state index in [4.69, 9.17) is 9.72 Å². The molecule has 0 amide bonds. The summed E-state index contributed by atoms with van der Waals surface area (Å²) in [5, 5.41) is 3.99. The summed E-state index contributed by atoms with van der Waals surface area (Å²) in [6, 6.07) is 13.0. The Hall–Kier alpha value is -2.54. The summed E-state index contributed by atoms with van der Waals surface area (Å²) < 4.78 is 44.3. The smallest absolute Gasteiger partial charge is 0.416 e. The van der Waals surface area contributed by atoms with Crippen LogP contribution in [-0.2, 0) is 18.0 Å². The second kappa shape index (κ2) is 8.06. The van der Waals surface area contributed by atoms with Gasteiger partial charge in [0.2, 0.25) is 0 Å². The van der Waals surface area contributed by atoms with E-state index in [1.54, 1.807) is 13.2 Å². The van der Waals surface area contributed by atoms with Crippen molar-refractivity contribution in [3.05, 3.63) is 70.2 Å². The number of alkyl halides is 3. The van der Waals surface area contributed by atoms with Crippen molar-refractivity contribution in [2.45, 2.75) is 38.8 Å². The van der Waals surface area contributed by atoms with Gasteiger partial charge in [0, 0.05) is 22.4 Å². The van der Waals surface area contributed by atoms with Crippen molar-refractivity contribution in [1.29, 1.82) is 0 Å². The number of rotatable bonds is 5. The lowest BCUT2D eigenvalue weighted by atomic mass is 9.90.